The number of ketones is 1. The van der Waals surface area contributed by atoms with Gasteiger partial charge in [-0.3, -0.25) is 9.59 Å². The van der Waals surface area contributed by atoms with E-state index in [1.165, 1.54) is 0 Å². The molecule has 1 aliphatic heterocycles. The Morgan fingerprint density at radius 2 is 2.06 bits per heavy atom. The second-order valence-electron chi connectivity index (χ2n) is 5.49. The summed E-state index contributed by atoms with van der Waals surface area (Å²) >= 11 is 0. The van der Waals surface area contributed by atoms with Crippen LogP contribution in [0.5, 0.6) is 0 Å². The Balaban J connectivity index is 2.64. The van der Waals surface area contributed by atoms with Gasteiger partial charge < -0.3 is 10.2 Å². The first-order valence-electron chi connectivity index (χ1n) is 7.01. The van der Waals surface area contributed by atoms with Crippen molar-refractivity contribution in [3.05, 3.63) is 0 Å². The minimum Gasteiger partial charge on any atom is -0.337 e. The topological polar surface area (TPSA) is 49.4 Å². The highest BCUT2D eigenvalue weighted by Crippen LogP contribution is 2.15. The van der Waals surface area contributed by atoms with Gasteiger partial charge in [0.05, 0.1) is 6.04 Å². The summed E-state index contributed by atoms with van der Waals surface area (Å²) in [4.78, 5) is 25.6. The van der Waals surface area contributed by atoms with Crippen molar-refractivity contribution >= 4 is 11.7 Å². The summed E-state index contributed by atoms with van der Waals surface area (Å²) < 4.78 is 0. The molecular formula is C14H26N2O2. The number of nitrogens with zero attached hydrogens (tertiary/aromatic N) is 1. The number of rotatable bonds is 5. The summed E-state index contributed by atoms with van der Waals surface area (Å²) in [7, 11) is 0. The zero-order chi connectivity index (χ0) is 13.7. The largest absolute Gasteiger partial charge is 0.337 e. The lowest BCUT2D eigenvalue weighted by Crippen LogP contribution is -2.60. The summed E-state index contributed by atoms with van der Waals surface area (Å²) in [5.41, 5.74) is 0. The van der Waals surface area contributed by atoms with Gasteiger partial charge >= 0.3 is 0 Å². The molecule has 0 aliphatic carbocycles. The molecule has 0 bridgehead atoms. The maximum atomic E-state index is 12.0. The summed E-state index contributed by atoms with van der Waals surface area (Å²) in [5, 5.41) is 3.30. The van der Waals surface area contributed by atoms with Crippen molar-refractivity contribution in [3.63, 3.8) is 0 Å². The van der Waals surface area contributed by atoms with E-state index in [4.69, 9.17) is 0 Å². The normalized spacial score (nSPS) is 24.4. The maximum Gasteiger partial charge on any atom is 0.219 e. The van der Waals surface area contributed by atoms with Crippen molar-refractivity contribution in [1.82, 2.24) is 10.2 Å². The van der Waals surface area contributed by atoms with Gasteiger partial charge in [-0.15, -0.1) is 0 Å². The first-order valence-corrected chi connectivity index (χ1v) is 7.01. The molecule has 1 heterocycles. The molecule has 0 saturated carbocycles. The predicted octanol–water partition coefficient (Wildman–Crippen LogP) is 1.59. The number of hydrogen-bond donors (Lipinski definition) is 1. The van der Waals surface area contributed by atoms with E-state index in [0.717, 1.165) is 25.8 Å². The van der Waals surface area contributed by atoms with Gasteiger partial charge in [0.15, 0.2) is 5.78 Å². The molecule has 2 unspecified atom stereocenters. The van der Waals surface area contributed by atoms with E-state index < -0.39 is 0 Å². The molecule has 4 heteroatoms. The highest BCUT2D eigenvalue weighted by atomic mass is 16.2. The lowest BCUT2D eigenvalue weighted by Gasteiger charge is -2.40. The lowest BCUT2D eigenvalue weighted by molar-refractivity contribution is -0.135. The zero-order valence-corrected chi connectivity index (χ0v) is 12.0. The van der Waals surface area contributed by atoms with Gasteiger partial charge in [-0.25, -0.2) is 0 Å². The molecule has 0 aromatic heterocycles. The molecule has 1 fully saturated rings. The van der Waals surface area contributed by atoms with Crippen molar-refractivity contribution in [2.75, 3.05) is 13.1 Å². The number of unbranched alkanes of at least 4 members (excludes halogenated alkanes) is 1. The molecule has 1 N–H and O–H groups in total. The van der Waals surface area contributed by atoms with Crippen LogP contribution in [-0.4, -0.2) is 41.8 Å². The van der Waals surface area contributed by atoms with Crippen LogP contribution in [-0.2, 0) is 9.59 Å². The summed E-state index contributed by atoms with van der Waals surface area (Å²) in [5.74, 6) is 0.304. The third kappa shape index (κ3) is 3.80. The smallest absolute Gasteiger partial charge is 0.219 e. The van der Waals surface area contributed by atoms with E-state index in [9.17, 15) is 9.59 Å². The minimum absolute atomic E-state index is 0.0171. The fourth-order valence-corrected chi connectivity index (χ4v) is 2.48. The Hall–Kier alpha value is -0.900. The SMILES string of the molecule is CCCCC1CNC(C(=O)C(C)C)CN1C(C)=O. The number of hydrogen-bond acceptors (Lipinski definition) is 3. The number of carbonyl (C=O) groups excluding carboxylic acids is 2. The molecule has 0 aromatic rings. The highest BCUT2D eigenvalue weighted by Gasteiger charge is 2.33. The summed E-state index contributed by atoms with van der Waals surface area (Å²) in [6.07, 6.45) is 3.28. The van der Waals surface area contributed by atoms with Gasteiger partial charge in [0.2, 0.25) is 5.91 Å². The monoisotopic (exact) mass is 254 g/mol. The molecule has 0 radical (unpaired) electrons. The Morgan fingerprint density at radius 3 is 2.56 bits per heavy atom. The number of Topliss-reactive ketones (excluding diaryl/α,β-unsaturated/α-hetero) is 1. The standard InChI is InChI=1S/C14H26N2O2/c1-5-6-7-12-8-15-13(14(18)10(2)3)9-16(12)11(4)17/h10,12-13,15H,5-9H2,1-4H3. The maximum absolute atomic E-state index is 12.0. The number of carbonyl (C=O) groups is 2. The number of piperazine rings is 1. The van der Waals surface area contributed by atoms with Crippen LogP contribution in [0, 0.1) is 5.92 Å². The molecule has 1 amide bonds. The molecular weight excluding hydrogens is 228 g/mol. The van der Waals surface area contributed by atoms with Crippen LogP contribution < -0.4 is 5.32 Å². The minimum atomic E-state index is -0.188. The van der Waals surface area contributed by atoms with Crippen LogP contribution in [0.25, 0.3) is 0 Å². The highest BCUT2D eigenvalue weighted by molar-refractivity contribution is 5.87. The first-order chi connectivity index (χ1) is 8.47. The molecule has 18 heavy (non-hydrogen) atoms. The van der Waals surface area contributed by atoms with Crippen molar-refractivity contribution in [2.45, 2.75) is 59.0 Å². The van der Waals surface area contributed by atoms with Crippen LogP contribution in [0.2, 0.25) is 0 Å². The van der Waals surface area contributed by atoms with Crippen molar-refractivity contribution in [1.29, 1.82) is 0 Å². The lowest BCUT2D eigenvalue weighted by atomic mass is 9.96. The molecule has 2 atom stereocenters. The van der Waals surface area contributed by atoms with E-state index in [1.807, 2.05) is 18.7 Å². The fraction of sp³-hybridized carbons (Fsp3) is 0.857. The summed E-state index contributed by atoms with van der Waals surface area (Å²) in [6.45, 7) is 8.83. The Bertz CT molecular complexity index is 302. The van der Waals surface area contributed by atoms with E-state index in [1.54, 1.807) is 6.92 Å². The number of amides is 1. The fourth-order valence-electron chi connectivity index (χ4n) is 2.48. The molecule has 104 valence electrons. The van der Waals surface area contributed by atoms with E-state index in [2.05, 4.69) is 12.2 Å². The average Bonchev–Trinajstić information content (AvgIpc) is 2.34. The van der Waals surface area contributed by atoms with Crippen LogP contribution in [0.4, 0.5) is 0 Å². The molecule has 1 rings (SSSR count). The molecule has 0 aromatic carbocycles. The Labute approximate surface area is 110 Å². The van der Waals surface area contributed by atoms with Crippen molar-refractivity contribution < 1.29 is 9.59 Å². The van der Waals surface area contributed by atoms with Gasteiger partial charge in [0.25, 0.3) is 0 Å². The number of nitrogens with one attached hydrogen (secondary N) is 1. The molecule has 0 spiro atoms. The van der Waals surface area contributed by atoms with Gasteiger partial charge in [-0.2, -0.15) is 0 Å². The molecule has 1 saturated heterocycles. The van der Waals surface area contributed by atoms with Gasteiger partial charge in [0.1, 0.15) is 0 Å². The predicted molar refractivity (Wildman–Crippen MR) is 72.3 cm³/mol. The van der Waals surface area contributed by atoms with Gasteiger partial charge in [-0.05, 0) is 6.42 Å². The molecule has 4 nitrogen and oxygen atoms in total. The average molecular weight is 254 g/mol. The van der Waals surface area contributed by atoms with Crippen molar-refractivity contribution in [2.24, 2.45) is 5.92 Å². The second kappa shape index (κ2) is 6.88. The van der Waals surface area contributed by atoms with Crippen LogP contribution >= 0.6 is 0 Å². The van der Waals surface area contributed by atoms with E-state index in [0.29, 0.717) is 6.54 Å². The zero-order valence-electron chi connectivity index (χ0n) is 12.0. The van der Waals surface area contributed by atoms with E-state index >= 15 is 0 Å². The third-order valence-electron chi connectivity index (χ3n) is 3.63. The van der Waals surface area contributed by atoms with Gasteiger partial charge in [0, 0.05) is 32.0 Å². The van der Waals surface area contributed by atoms with E-state index in [-0.39, 0.29) is 29.7 Å². The van der Waals surface area contributed by atoms with Crippen molar-refractivity contribution in [3.8, 4) is 0 Å². The van der Waals surface area contributed by atoms with Crippen LogP contribution in [0.1, 0.15) is 47.0 Å². The van der Waals surface area contributed by atoms with Crippen LogP contribution in [0.15, 0.2) is 0 Å². The second-order valence-corrected chi connectivity index (χ2v) is 5.49. The Kier molecular flexibility index (Phi) is 5.79. The quantitative estimate of drug-likeness (QED) is 0.810. The molecule has 1 aliphatic rings. The van der Waals surface area contributed by atoms with Crippen LogP contribution in [0.3, 0.4) is 0 Å². The van der Waals surface area contributed by atoms with Gasteiger partial charge in [-0.1, -0.05) is 33.6 Å². The first kappa shape index (κ1) is 15.2. The Morgan fingerprint density at radius 1 is 1.39 bits per heavy atom. The third-order valence-corrected chi connectivity index (χ3v) is 3.63. The summed E-state index contributed by atoms with van der Waals surface area (Å²) in [6, 6.07) is 0.0606.